The number of aliphatic hydroxyl groups excluding tert-OH is 3. The van der Waals surface area contributed by atoms with Gasteiger partial charge in [0, 0.05) is 6.54 Å². The van der Waals surface area contributed by atoms with Crippen LogP contribution < -0.4 is 10.9 Å². The standard InChI is InChI=1S/C11H18BrN3O4/c1-2-3-15-10(19)9(12)8(4-13-15)14-11(5-16,6-17)7-18/h4,14,16-18H,2-3,5-7H2,1H3. The number of aryl methyl sites for hydroxylation is 1. The Morgan fingerprint density at radius 3 is 2.42 bits per heavy atom. The summed E-state index contributed by atoms with van der Waals surface area (Å²) in [4.78, 5) is 12.0. The third-order valence-electron chi connectivity index (χ3n) is 2.73. The highest BCUT2D eigenvalue weighted by molar-refractivity contribution is 9.10. The van der Waals surface area contributed by atoms with Gasteiger partial charge in [0.1, 0.15) is 10.0 Å². The van der Waals surface area contributed by atoms with Crippen molar-refractivity contribution in [2.24, 2.45) is 0 Å². The highest BCUT2D eigenvalue weighted by atomic mass is 79.9. The number of rotatable bonds is 7. The third-order valence-corrected chi connectivity index (χ3v) is 3.49. The van der Waals surface area contributed by atoms with Crippen molar-refractivity contribution in [3.05, 3.63) is 21.0 Å². The molecule has 1 rings (SSSR count). The van der Waals surface area contributed by atoms with Gasteiger partial charge in [-0.25, -0.2) is 4.68 Å². The minimum Gasteiger partial charge on any atom is -0.394 e. The molecule has 1 aromatic heterocycles. The maximum Gasteiger partial charge on any atom is 0.283 e. The van der Waals surface area contributed by atoms with Gasteiger partial charge in [-0.15, -0.1) is 0 Å². The number of aliphatic hydroxyl groups is 3. The second-order valence-corrected chi connectivity index (χ2v) is 5.07. The highest BCUT2D eigenvalue weighted by Gasteiger charge is 2.29. The maximum atomic E-state index is 12.0. The molecule has 0 unspecified atom stereocenters. The van der Waals surface area contributed by atoms with E-state index in [2.05, 4.69) is 26.3 Å². The van der Waals surface area contributed by atoms with Crippen molar-refractivity contribution in [3.63, 3.8) is 0 Å². The predicted octanol–water partition coefficient (Wildman–Crippen LogP) is -0.457. The van der Waals surface area contributed by atoms with E-state index in [1.54, 1.807) is 0 Å². The van der Waals surface area contributed by atoms with Gasteiger partial charge in [0.15, 0.2) is 0 Å². The summed E-state index contributed by atoms with van der Waals surface area (Å²) >= 11 is 3.16. The molecular formula is C11H18BrN3O4. The van der Waals surface area contributed by atoms with E-state index in [0.29, 0.717) is 12.2 Å². The van der Waals surface area contributed by atoms with Crippen molar-refractivity contribution in [2.75, 3.05) is 25.1 Å². The molecule has 108 valence electrons. The number of anilines is 1. The summed E-state index contributed by atoms with van der Waals surface area (Å²) in [5, 5.41) is 34.4. The molecule has 0 aromatic carbocycles. The Labute approximate surface area is 119 Å². The maximum absolute atomic E-state index is 12.0. The Balaban J connectivity index is 3.09. The van der Waals surface area contributed by atoms with E-state index in [4.69, 9.17) is 0 Å². The molecule has 0 saturated heterocycles. The fourth-order valence-corrected chi connectivity index (χ4v) is 1.88. The van der Waals surface area contributed by atoms with E-state index in [1.807, 2.05) is 6.92 Å². The molecule has 1 aromatic rings. The normalized spacial score (nSPS) is 11.6. The molecule has 0 aliphatic carbocycles. The molecule has 8 heteroatoms. The molecule has 0 saturated carbocycles. The first-order valence-electron chi connectivity index (χ1n) is 5.90. The Hall–Kier alpha value is -0.960. The average Bonchev–Trinajstić information content (AvgIpc) is 2.44. The van der Waals surface area contributed by atoms with Crippen LogP contribution >= 0.6 is 15.9 Å². The molecule has 19 heavy (non-hydrogen) atoms. The zero-order valence-electron chi connectivity index (χ0n) is 10.6. The van der Waals surface area contributed by atoms with Crippen molar-refractivity contribution in [1.29, 1.82) is 0 Å². The molecule has 0 aliphatic rings. The first-order chi connectivity index (χ1) is 9.03. The van der Waals surface area contributed by atoms with Crippen LogP contribution in [0.4, 0.5) is 5.69 Å². The van der Waals surface area contributed by atoms with Gasteiger partial charge in [0.2, 0.25) is 0 Å². The Kier molecular flexibility index (Phi) is 5.92. The summed E-state index contributed by atoms with van der Waals surface area (Å²) in [7, 11) is 0. The van der Waals surface area contributed by atoms with Crippen LogP contribution in [-0.2, 0) is 6.54 Å². The smallest absolute Gasteiger partial charge is 0.283 e. The van der Waals surface area contributed by atoms with Crippen LogP contribution in [0.2, 0.25) is 0 Å². The summed E-state index contributed by atoms with van der Waals surface area (Å²) in [5.74, 6) is 0. The monoisotopic (exact) mass is 335 g/mol. The Morgan fingerprint density at radius 1 is 1.37 bits per heavy atom. The van der Waals surface area contributed by atoms with Crippen LogP contribution in [0.25, 0.3) is 0 Å². The quantitative estimate of drug-likeness (QED) is 0.537. The lowest BCUT2D eigenvalue weighted by Gasteiger charge is -2.30. The van der Waals surface area contributed by atoms with E-state index in [9.17, 15) is 20.1 Å². The fourth-order valence-electron chi connectivity index (χ4n) is 1.48. The predicted molar refractivity (Wildman–Crippen MR) is 74.1 cm³/mol. The summed E-state index contributed by atoms with van der Waals surface area (Å²) < 4.78 is 1.56. The molecule has 0 spiro atoms. The summed E-state index contributed by atoms with van der Waals surface area (Å²) in [6, 6.07) is 0. The number of aromatic nitrogens is 2. The lowest BCUT2D eigenvalue weighted by atomic mass is 10.0. The molecule has 0 aliphatic heterocycles. The average molecular weight is 336 g/mol. The topological polar surface area (TPSA) is 108 Å². The molecule has 0 amide bonds. The zero-order valence-corrected chi connectivity index (χ0v) is 12.2. The van der Waals surface area contributed by atoms with Crippen LogP contribution in [-0.4, -0.2) is 50.5 Å². The van der Waals surface area contributed by atoms with Crippen molar-refractivity contribution >= 4 is 21.6 Å². The molecule has 4 N–H and O–H groups in total. The number of halogens is 1. The van der Waals surface area contributed by atoms with Gasteiger partial charge >= 0.3 is 0 Å². The zero-order chi connectivity index (χ0) is 14.5. The summed E-state index contributed by atoms with van der Waals surface area (Å²) in [6.07, 6.45) is 2.19. The van der Waals surface area contributed by atoms with E-state index in [-0.39, 0.29) is 10.0 Å². The van der Waals surface area contributed by atoms with E-state index in [0.717, 1.165) is 6.42 Å². The fraction of sp³-hybridized carbons (Fsp3) is 0.636. The third kappa shape index (κ3) is 3.53. The second kappa shape index (κ2) is 6.99. The van der Waals surface area contributed by atoms with Crippen molar-refractivity contribution in [3.8, 4) is 0 Å². The molecule has 7 nitrogen and oxygen atoms in total. The van der Waals surface area contributed by atoms with Crippen LogP contribution in [0.5, 0.6) is 0 Å². The number of nitrogens with zero attached hydrogens (tertiary/aromatic N) is 2. The first-order valence-corrected chi connectivity index (χ1v) is 6.69. The SMILES string of the molecule is CCCn1ncc(NC(CO)(CO)CO)c(Br)c1=O. The minimum absolute atomic E-state index is 0.246. The minimum atomic E-state index is -1.30. The van der Waals surface area contributed by atoms with Gasteiger partial charge in [-0.3, -0.25) is 4.79 Å². The molecule has 0 radical (unpaired) electrons. The Morgan fingerprint density at radius 2 is 1.95 bits per heavy atom. The molecule has 0 fully saturated rings. The van der Waals surface area contributed by atoms with Crippen LogP contribution in [0.15, 0.2) is 15.5 Å². The van der Waals surface area contributed by atoms with E-state index < -0.39 is 25.4 Å². The summed E-state index contributed by atoms with van der Waals surface area (Å²) in [6.45, 7) is 0.991. The second-order valence-electron chi connectivity index (χ2n) is 4.28. The Bertz CT molecular complexity index is 465. The van der Waals surface area contributed by atoms with Crippen LogP contribution in [0, 0.1) is 0 Å². The van der Waals surface area contributed by atoms with E-state index >= 15 is 0 Å². The van der Waals surface area contributed by atoms with Gasteiger partial charge in [-0.1, -0.05) is 6.92 Å². The van der Waals surface area contributed by atoms with Gasteiger partial charge in [0.05, 0.1) is 31.7 Å². The summed E-state index contributed by atoms with van der Waals surface area (Å²) in [5.41, 5.74) is -1.29. The van der Waals surface area contributed by atoms with Gasteiger partial charge in [-0.05, 0) is 22.4 Å². The molecule has 1 heterocycles. The van der Waals surface area contributed by atoms with Crippen molar-refractivity contribution < 1.29 is 15.3 Å². The number of nitrogens with one attached hydrogen (secondary N) is 1. The lowest BCUT2D eigenvalue weighted by molar-refractivity contribution is 0.0833. The number of hydrogen-bond acceptors (Lipinski definition) is 6. The van der Waals surface area contributed by atoms with Crippen molar-refractivity contribution in [2.45, 2.75) is 25.4 Å². The lowest BCUT2D eigenvalue weighted by Crippen LogP contribution is -2.49. The van der Waals surface area contributed by atoms with Crippen LogP contribution in [0.3, 0.4) is 0 Å². The highest BCUT2D eigenvalue weighted by Crippen LogP contribution is 2.20. The molecule has 0 atom stereocenters. The van der Waals surface area contributed by atoms with Gasteiger partial charge in [0.25, 0.3) is 5.56 Å². The van der Waals surface area contributed by atoms with Crippen molar-refractivity contribution in [1.82, 2.24) is 9.78 Å². The van der Waals surface area contributed by atoms with E-state index in [1.165, 1.54) is 10.9 Å². The first kappa shape index (κ1) is 16.1. The van der Waals surface area contributed by atoms with Gasteiger partial charge < -0.3 is 20.6 Å². The number of hydrogen-bond donors (Lipinski definition) is 4. The van der Waals surface area contributed by atoms with Gasteiger partial charge in [-0.2, -0.15) is 5.10 Å². The van der Waals surface area contributed by atoms with Crippen LogP contribution in [0.1, 0.15) is 13.3 Å². The molecule has 0 bridgehead atoms. The largest absolute Gasteiger partial charge is 0.394 e. The molecular weight excluding hydrogens is 318 g/mol.